The molecule has 1 unspecified atom stereocenters. The molecule has 2 aromatic carbocycles. The Bertz CT molecular complexity index is 587. The van der Waals surface area contributed by atoms with Crippen molar-refractivity contribution in [1.29, 1.82) is 0 Å². The highest BCUT2D eigenvalue weighted by atomic mass is 35.5. The summed E-state index contributed by atoms with van der Waals surface area (Å²) in [5.74, 6) is 0.821. The molecule has 0 aromatic heterocycles. The Labute approximate surface area is 134 Å². The molecule has 0 bridgehead atoms. The third kappa shape index (κ3) is 4.53. The van der Waals surface area contributed by atoms with Gasteiger partial charge in [-0.1, -0.05) is 23.2 Å². The minimum Gasteiger partial charge on any atom is -0.494 e. The molecule has 3 nitrogen and oxygen atoms in total. The van der Waals surface area contributed by atoms with E-state index in [1.54, 1.807) is 18.2 Å². The second-order valence-electron chi connectivity index (χ2n) is 4.52. The molecule has 2 rings (SSSR count). The number of hydrogen-bond donors (Lipinski definition) is 2. The third-order valence-corrected chi connectivity index (χ3v) is 3.56. The summed E-state index contributed by atoms with van der Waals surface area (Å²) in [5.41, 5.74) is 1.51. The summed E-state index contributed by atoms with van der Waals surface area (Å²) < 4.78 is 5.38. The molecule has 0 heterocycles. The lowest BCUT2D eigenvalue weighted by atomic mass is 10.1. The average molecular weight is 326 g/mol. The number of nitrogens with one attached hydrogen (secondary N) is 1. The molecule has 0 saturated heterocycles. The predicted molar refractivity (Wildman–Crippen MR) is 87.5 cm³/mol. The van der Waals surface area contributed by atoms with Crippen molar-refractivity contribution in [2.24, 2.45) is 0 Å². The molecule has 5 heteroatoms. The minimum absolute atomic E-state index is 0.341. The van der Waals surface area contributed by atoms with Crippen molar-refractivity contribution >= 4 is 28.9 Å². The van der Waals surface area contributed by atoms with Gasteiger partial charge in [0.15, 0.2) is 0 Å². The molecule has 0 amide bonds. The number of anilines is 1. The Balaban J connectivity index is 1.97. The topological polar surface area (TPSA) is 41.5 Å². The number of rotatable bonds is 6. The number of aliphatic hydroxyl groups excluding tert-OH is 1. The van der Waals surface area contributed by atoms with Crippen molar-refractivity contribution in [3.63, 3.8) is 0 Å². The molecule has 0 aliphatic rings. The van der Waals surface area contributed by atoms with Crippen LogP contribution >= 0.6 is 23.2 Å². The van der Waals surface area contributed by atoms with Crippen LogP contribution < -0.4 is 10.1 Å². The van der Waals surface area contributed by atoms with Gasteiger partial charge in [-0.2, -0.15) is 0 Å². The van der Waals surface area contributed by atoms with E-state index in [-0.39, 0.29) is 0 Å². The normalized spacial score (nSPS) is 12.0. The first-order valence-corrected chi connectivity index (χ1v) is 7.45. The zero-order valence-corrected chi connectivity index (χ0v) is 13.2. The van der Waals surface area contributed by atoms with Gasteiger partial charge in [0, 0.05) is 27.8 Å². The van der Waals surface area contributed by atoms with Gasteiger partial charge in [0.2, 0.25) is 0 Å². The Morgan fingerprint density at radius 1 is 1.14 bits per heavy atom. The molecule has 0 aliphatic carbocycles. The van der Waals surface area contributed by atoms with E-state index in [2.05, 4.69) is 5.32 Å². The largest absolute Gasteiger partial charge is 0.494 e. The highest BCUT2D eigenvalue weighted by molar-refractivity contribution is 6.33. The first-order chi connectivity index (χ1) is 10.1. The summed E-state index contributed by atoms with van der Waals surface area (Å²) in [5, 5.41) is 14.4. The van der Waals surface area contributed by atoms with E-state index < -0.39 is 6.10 Å². The highest BCUT2D eigenvalue weighted by Crippen LogP contribution is 2.26. The third-order valence-electron chi connectivity index (χ3n) is 2.98. The van der Waals surface area contributed by atoms with Gasteiger partial charge < -0.3 is 15.2 Å². The summed E-state index contributed by atoms with van der Waals surface area (Å²) in [6.07, 6.45) is -0.734. The Morgan fingerprint density at radius 3 is 2.52 bits per heavy atom. The molecule has 21 heavy (non-hydrogen) atoms. The monoisotopic (exact) mass is 325 g/mol. The maximum absolute atomic E-state index is 10.2. The van der Waals surface area contributed by atoms with Gasteiger partial charge in [0.05, 0.1) is 12.7 Å². The average Bonchev–Trinajstić information content (AvgIpc) is 2.49. The fourth-order valence-electron chi connectivity index (χ4n) is 1.93. The van der Waals surface area contributed by atoms with Crippen LogP contribution in [-0.4, -0.2) is 18.3 Å². The number of benzene rings is 2. The van der Waals surface area contributed by atoms with Crippen molar-refractivity contribution in [3.05, 3.63) is 58.1 Å². The van der Waals surface area contributed by atoms with Gasteiger partial charge in [-0.15, -0.1) is 0 Å². The van der Waals surface area contributed by atoms with Crippen LogP contribution in [0.2, 0.25) is 10.0 Å². The summed E-state index contributed by atoms with van der Waals surface area (Å²) >= 11 is 12.0. The smallest absolute Gasteiger partial charge is 0.119 e. The molecule has 2 aromatic rings. The molecule has 1 atom stereocenters. The van der Waals surface area contributed by atoms with E-state index in [9.17, 15) is 5.11 Å². The zero-order valence-electron chi connectivity index (χ0n) is 11.6. The number of aliphatic hydroxyl groups is 1. The molecular weight excluding hydrogens is 309 g/mol. The lowest BCUT2D eigenvalue weighted by molar-refractivity contribution is 0.192. The van der Waals surface area contributed by atoms with Crippen LogP contribution in [0, 0.1) is 0 Å². The maximum Gasteiger partial charge on any atom is 0.119 e. The molecule has 112 valence electrons. The van der Waals surface area contributed by atoms with Gasteiger partial charge in [-0.3, -0.25) is 0 Å². The zero-order chi connectivity index (χ0) is 15.2. The van der Waals surface area contributed by atoms with Gasteiger partial charge in [-0.05, 0) is 49.4 Å². The first kappa shape index (κ1) is 16.0. The fraction of sp³-hybridized carbons (Fsp3) is 0.250. The molecule has 2 N–H and O–H groups in total. The minimum atomic E-state index is -0.734. The van der Waals surface area contributed by atoms with Gasteiger partial charge in [-0.25, -0.2) is 0 Å². The van der Waals surface area contributed by atoms with Gasteiger partial charge >= 0.3 is 0 Å². The van der Waals surface area contributed by atoms with Crippen LogP contribution in [0.15, 0.2) is 42.5 Å². The number of ether oxygens (including phenoxy) is 1. The number of halogens is 2. The van der Waals surface area contributed by atoms with Crippen LogP contribution in [0.25, 0.3) is 0 Å². The highest BCUT2D eigenvalue weighted by Gasteiger charge is 2.12. The first-order valence-electron chi connectivity index (χ1n) is 6.70. The summed E-state index contributed by atoms with van der Waals surface area (Å²) in [6, 6.07) is 12.6. The van der Waals surface area contributed by atoms with Gasteiger partial charge in [0.1, 0.15) is 5.75 Å². The Kier molecular flexibility index (Phi) is 5.74. The van der Waals surface area contributed by atoms with Crippen molar-refractivity contribution in [2.45, 2.75) is 13.0 Å². The molecule has 0 saturated carbocycles. The molecule has 0 spiro atoms. The van der Waals surface area contributed by atoms with E-state index in [1.807, 2.05) is 31.2 Å². The summed E-state index contributed by atoms with van der Waals surface area (Å²) in [6.45, 7) is 2.92. The SMILES string of the molecule is CCOc1ccc(NCC(O)c2cc(Cl)ccc2Cl)cc1. The van der Waals surface area contributed by atoms with Crippen LogP contribution in [0.3, 0.4) is 0 Å². The Morgan fingerprint density at radius 2 is 1.86 bits per heavy atom. The lowest BCUT2D eigenvalue weighted by Gasteiger charge is -2.15. The molecule has 0 aliphatic heterocycles. The quantitative estimate of drug-likeness (QED) is 0.819. The number of hydrogen-bond acceptors (Lipinski definition) is 3. The standard InChI is InChI=1S/C16H17Cl2NO2/c1-2-21-13-6-4-12(5-7-13)19-10-16(20)14-9-11(17)3-8-15(14)18/h3-9,16,19-20H,2,10H2,1H3. The van der Waals surface area contributed by atoms with Crippen molar-refractivity contribution < 1.29 is 9.84 Å². The molecule has 0 fully saturated rings. The van der Waals surface area contributed by atoms with E-state index >= 15 is 0 Å². The van der Waals surface area contributed by atoms with Crippen LogP contribution in [0.4, 0.5) is 5.69 Å². The maximum atomic E-state index is 10.2. The van der Waals surface area contributed by atoms with Crippen molar-refractivity contribution in [2.75, 3.05) is 18.5 Å². The molecular formula is C16H17Cl2NO2. The van der Waals surface area contributed by atoms with Crippen LogP contribution in [-0.2, 0) is 0 Å². The van der Waals surface area contributed by atoms with E-state index in [1.165, 1.54) is 0 Å². The summed E-state index contributed by atoms with van der Waals surface area (Å²) in [7, 11) is 0. The lowest BCUT2D eigenvalue weighted by Crippen LogP contribution is -2.12. The molecule has 0 radical (unpaired) electrons. The van der Waals surface area contributed by atoms with E-state index in [4.69, 9.17) is 27.9 Å². The van der Waals surface area contributed by atoms with Crippen molar-refractivity contribution in [3.8, 4) is 5.75 Å². The fourth-order valence-corrected chi connectivity index (χ4v) is 2.35. The van der Waals surface area contributed by atoms with Crippen molar-refractivity contribution in [1.82, 2.24) is 0 Å². The predicted octanol–water partition coefficient (Wildman–Crippen LogP) is 4.54. The van der Waals surface area contributed by atoms with Crippen LogP contribution in [0.1, 0.15) is 18.6 Å². The Hall–Kier alpha value is -1.42. The van der Waals surface area contributed by atoms with E-state index in [0.717, 1.165) is 11.4 Å². The second kappa shape index (κ2) is 7.55. The van der Waals surface area contributed by atoms with Crippen LogP contribution in [0.5, 0.6) is 5.75 Å². The second-order valence-corrected chi connectivity index (χ2v) is 5.36. The summed E-state index contributed by atoms with van der Waals surface area (Å²) in [4.78, 5) is 0. The van der Waals surface area contributed by atoms with E-state index in [0.29, 0.717) is 28.8 Å². The van der Waals surface area contributed by atoms with Gasteiger partial charge in [0.25, 0.3) is 0 Å².